The molecule has 0 aromatic heterocycles. The number of nitrogens with zero attached hydrogens (tertiary/aromatic N) is 1. The standard InChI is InChI=1S/C13H21NO3S/c1-7-5-14(6-8(2)18-7)11(15)9-10(12(16)17)13(9,3)4/h7-10H,5-6H2,1-4H3,(H,16,17)/t7?,8?,9-,10+/m1/s1. The number of amides is 1. The molecule has 0 radical (unpaired) electrons. The Morgan fingerprint density at radius 1 is 1.17 bits per heavy atom. The summed E-state index contributed by atoms with van der Waals surface area (Å²) < 4.78 is 0. The largest absolute Gasteiger partial charge is 0.481 e. The maximum Gasteiger partial charge on any atom is 0.307 e. The number of aliphatic carboxylic acids is 1. The molecular formula is C13H21NO3S. The highest BCUT2D eigenvalue weighted by molar-refractivity contribution is 8.00. The van der Waals surface area contributed by atoms with E-state index >= 15 is 0 Å². The number of hydrogen-bond acceptors (Lipinski definition) is 3. The van der Waals surface area contributed by atoms with Gasteiger partial charge in [0.05, 0.1) is 11.8 Å². The van der Waals surface area contributed by atoms with E-state index < -0.39 is 11.9 Å². The highest BCUT2D eigenvalue weighted by Crippen LogP contribution is 2.59. The van der Waals surface area contributed by atoms with Crippen molar-refractivity contribution >= 4 is 23.6 Å². The summed E-state index contributed by atoms with van der Waals surface area (Å²) in [5.41, 5.74) is -0.389. The normalized spacial score (nSPS) is 38.3. The van der Waals surface area contributed by atoms with E-state index in [1.165, 1.54) is 0 Å². The summed E-state index contributed by atoms with van der Waals surface area (Å²) in [4.78, 5) is 25.4. The van der Waals surface area contributed by atoms with Crippen LogP contribution in [0.25, 0.3) is 0 Å². The fourth-order valence-electron chi connectivity index (χ4n) is 3.11. The van der Waals surface area contributed by atoms with E-state index in [-0.39, 0.29) is 17.2 Å². The second-order valence-electron chi connectivity index (χ2n) is 6.12. The van der Waals surface area contributed by atoms with Crippen LogP contribution in [-0.2, 0) is 9.59 Å². The molecule has 2 fully saturated rings. The molecule has 0 spiro atoms. The lowest BCUT2D eigenvalue weighted by Crippen LogP contribution is -2.45. The number of carbonyl (C=O) groups excluding carboxylic acids is 1. The molecule has 18 heavy (non-hydrogen) atoms. The van der Waals surface area contributed by atoms with Crippen LogP contribution in [0.15, 0.2) is 0 Å². The number of rotatable bonds is 2. The third kappa shape index (κ3) is 2.25. The van der Waals surface area contributed by atoms with Crippen LogP contribution in [0.2, 0.25) is 0 Å². The summed E-state index contributed by atoms with van der Waals surface area (Å²) in [5.74, 6) is -1.65. The van der Waals surface area contributed by atoms with Gasteiger partial charge in [0.1, 0.15) is 0 Å². The number of carboxylic acids is 1. The molecule has 4 nitrogen and oxygen atoms in total. The molecule has 0 aromatic rings. The third-order valence-corrected chi connectivity index (χ3v) is 5.32. The highest BCUT2D eigenvalue weighted by Gasteiger charge is 2.66. The molecule has 1 aliphatic carbocycles. The first kappa shape index (κ1) is 13.7. The predicted molar refractivity (Wildman–Crippen MR) is 71.5 cm³/mol. The topological polar surface area (TPSA) is 57.6 Å². The summed E-state index contributed by atoms with van der Waals surface area (Å²) in [7, 11) is 0. The van der Waals surface area contributed by atoms with Gasteiger partial charge in [0.15, 0.2) is 0 Å². The SMILES string of the molecule is CC1CN(C(=O)[C@H]2[C@@H](C(=O)O)C2(C)C)CC(C)S1. The van der Waals surface area contributed by atoms with Crippen molar-refractivity contribution in [1.29, 1.82) is 0 Å². The lowest BCUT2D eigenvalue weighted by atomic mass is 10.1. The quantitative estimate of drug-likeness (QED) is 0.830. The summed E-state index contributed by atoms with van der Waals surface area (Å²) in [6.07, 6.45) is 0. The van der Waals surface area contributed by atoms with Crippen LogP contribution in [0, 0.1) is 17.3 Å². The molecule has 0 aromatic carbocycles. The zero-order valence-corrected chi connectivity index (χ0v) is 12.2. The van der Waals surface area contributed by atoms with Crippen molar-refractivity contribution in [2.24, 2.45) is 17.3 Å². The van der Waals surface area contributed by atoms with Gasteiger partial charge in [0.2, 0.25) is 5.91 Å². The molecule has 1 saturated heterocycles. The number of thioether (sulfide) groups is 1. The average Bonchev–Trinajstić information content (AvgIpc) is 2.79. The Balaban J connectivity index is 2.07. The van der Waals surface area contributed by atoms with Crippen LogP contribution in [0.3, 0.4) is 0 Å². The van der Waals surface area contributed by atoms with Crippen LogP contribution >= 0.6 is 11.8 Å². The summed E-state index contributed by atoms with van der Waals surface area (Å²) in [6, 6.07) is 0. The van der Waals surface area contributed by atoms with Gasteiger partial charge in [-0.1, -0.05) is 27.7 Å². The van der Waals surface area contributed by atoms with Crippen molar-refractivity contribution in [2.75, 3.05) is 13.1 Å². The minimum absolute atomic E-state index is 0.0337. The van der Waals surface area contributed by atoms with E-state index in [9.17, 15) is 9.59 Å². The van der Waals surface area contributed by atoms with Crippen molar-refractivity contribution in [3.63, 3.8) is 0 Å². The first-order chi connectivity index (χ1) is 8.25. The molecule has 1 N–H and O–H groups in total. The van der Waals surface area contributed by atoms with Gasteiger partial charge in [0, 0.05) is 23.6 Å². The third-order valence-electron chi connectivity index (χ3n) is 4.09. The lowest BCUT2D eigenvalue weighted by molar-refractivity contribution is -0.142. The van der Waals surface area contributed by atoms with Crippen molar-refractivity contribution in [3.8, 4) is 0 Å². The molecule has 1 heterocycles. The van der Waals surface area contributed by atoms with Crippen molar-refractivity contribution in [1.82, 2.24) is 4.90 Å². The molecule has 1 amide bonds. The van der Waals surface area contributed by atoms with Gasteiger partial charge in [-0.15, -0.1) is 0 Å². The molecule has 1 saturated carbocycles. The summed E-state index contributed by atoms with van der Waals surface area (Å²) in [6.45, 7) is 9.47. The minimum Gasteiger partial charge on any atom is -0.481 e. The highest BCUT2D eigenvalue weighted by atomic mass is 32.2. The van der Waals surface area contributed by atoms with Gasteiger partial charge < -0.3 is 10.0 Å². The Labute approximate surface area is 112 Å². The monoisotopic (exact) mass is 271 g/mol. The van der Waals surface area contributed by atoms with Crippen molar-refractivity contribution in [3.05, 3.63) is 0 Å². The van der Waals surface area contributed by atoms with Gasteiger partial charge in [-0.2, -0.15) is 11.8 Å². The zero-order chi connectivity index (χ0) is 13.7. The first-order valence-corrected chi connectivity index (χ1v) is 7.36. The van der Waals surface area contributed by atoms with Crippen LogP contribution in [-0.4, -0.2) is 45.5 Å². The molecule has 102 valence electrons. The van der Waals surface area contributed by atoms with E-state index in [0.717, 1.165) is 13.1 Å². The molecule has 1 aliphatic heterocycles. The Kier molecular flexibility index (Phi) is 3.38. The van der Waals surface area contributed by atoms with Crippen LogP contribution in [0.4, 0.5) is 0 Å². The van der Waals surface area contributed by atoms with E-state index in [1.54, 1.807) is 0 Å². The Bertz CT molecular complexity index is 372. The van der Waals surface area contributed by atoms with E-state index in [2.05, 4.69) is 13.8 Å². The predicted octanol–water partition coefficient (Wildman–Crippen LogP) is 1.70. The molecule has 5 heteroatoms. The van der Waals surface area contributed by atoms with Crippen LogP contribution < -0.4 is 0 Å². The van der Waals surface area contributed by atoms with E-state index in [0.29, 0.717) is 10.5 Å². The number of carboxylic acid groups (broad SMARTS) is 1. The second kappa shape index (κ2) is 4.44. The second-order valence-corrected chi connectivity index (χ2v) is 8.00. The van der Waals surface area contributed by atoms with Crippen LogP contribution in [0.5, 0.6) is 0 Å². The van der Waals surface area contributed by atoms with E-state index in [1.807, 2.05) is 30.5 Å². The van der Waals surface area contributed by atoms with Gasteiger partial charge >= 0.3 is 5.97 Å². The number of hydrogen-bond donors (Lipinski definition) is 1. The summed E-state index contributed by atoms with van der Waals surface area (Å²) >= 11 is 1.89. The minimum atomic E-state index is -0.842. The lowest BCUT2D eigenvalue weighted by Gasteiger charge is -2.35. The molecular weight excluding hydrogens is 250 g/mol. The zero-order valence-electron chi connectivity index (χ0n) is 11.3. The van der Waals surface area contributed by atoms with Crippen molar-refractivity contribution in [2.45, 2.75) is 38.2 Å². The molecule has 2 aliphatic rings. The Hall–Kier alpha value is -0.710. The molecule has 2 rings (SSSR count). The van der Waals surface area contributed by atoms with Crippen LogP contribution in [0.1, 0.15) is 27.7 Å². The first-order valence-electron chi connectivity index (χ1n) is 6.42. The Morgan fingerprint density at radius 3 is 2.06 bits per heavy atom. The van der Waals surface area contributed by atoms with Gasteiger partial charge in [-0.05, 0) is 5.41 Å². The van der Waals surface area contributed by atoms with E-state index in [4.69, 9.17) is 5.11 Å². The van der Waals surface area contributed by atoms with Gasteiger partial charge in [0.25, 0.3) is 0 Å². The molecule has 2 unspecified atom stereocenters. The van der Waals surface area contributed by atoms with Gasteiger partial charge in [-0.3, -0.25) is 9.59 Å². The number of carbonyl (C=O) groups is 2. The smallest absolute Gasteiger partial charge is 0.307 e. The summed E-state index contributed by atoms with van der Waals surface area (Å²) in [5, 5.41) is 10.0. The fourth-order valence-corrected chi connectivity index (χ4v) is 4.44. The van der Waals surface area contributed by atoms with Crippen molar-refractivity contribution < 1.29 is 14.7 Å². The van der Waals surface area contributed by atoms with Gasteiger partial charge in [-0.25, -0.2) is 0 Å². The molecule has 0 bridgehead atoms. The fraction of sp³-hybridized carbons (Fsp3) is 0.846. The maximum atomic E-state index is 12.4. The maximum absolute atomic E-state index is 12.4. The Morgan fingerprint density at radius 2 is 1.67 bits per heavy atom. The average molecular weight is 271 g/mol. The molecule has 4 atom stereocenters.